The lowest BCUT2D eigenvalue weighted by Gasteiger charge is -2.30. The number of carbonyl (C=O) groups excluding carboxylic acids is 2. The smallest absolute Gasteiger partial charge is 0.311 e. The maximum absolute atomic E-state index is 12.2. The molecule has 38 heavy (non-hydrogen) atoms. The molecule has 0 spiro atoms. The molecule has 3 aromatic carbocycles. The molecule has 0 aliphatic heterocycles. The highest BCUT2D eigenvalue weighted by Gasteiger charge is 2.30. The third-order valence-corrected chi connectivity index (χ3v) is 6.89. The minimum atomic E-state index is -0.474. The first-order chi connectivity index (χ1) is 18.0. The minimum Gasteiger partial charge on any atom is -0.508 e. The average molecular weight is 519 g/mol. The van der Waals surface area contributed by atoms with E-state index >= 15 is 0 Å². The molecule has 0 saturated carbocycles. The Bertz CT molecular complexity index is 1120. The second-order valence-corrected chi connectivity index (χ2v) is 10.9. The Morgan fingerprint density at radius 2 is 0.974 bits per heavy atom. The van der Waals surface area contributed by atoms with E-state index in [-0.39, 0.29) is 36.3 Å². The molecule has 6 heteroatoms. The number of phenolic OH excluding ortho intramolecular Hbond substituents is 2. The number of rotatable bonds is 12. The van der Waals surface area contributed by atoms with Crippen LogP contribution < -0.4 is 9.47 Å². The number of esters is 2. The molecule has 0 aromatic heterocycles. The van der Waals surface area contributed by atoms with Crippen molar-refractivity contribution in [2.45, 2.75) is 77.0 Å². The van der Waals surface area contributed by atoms with Crippen molar-refractivity contribution < 1.29 is 29.3 Å². The fraction of sp³-hybridized carbons (Fsp3) is 0.375. The predicted molar refractivity (Wildman–Crippen MR) is 148 cm³/mol. The molecule has 202 valence electrons. The number of para-hydroxylation sites is 2. The maximum Gasteiger partial charge on any atom is 0.311 e. The molecule has 0 heterocycles. The highest BCUT2D eigenvalue weighted by atomic mass is 16.5. The maximum atomic E-state index is 12.2. The van der Waals surface area contributed by atoms with Crippen molar-refractivity contribution in [2.75, 3.05) is 0 Å². The van der Waals surface area contributed by atoms with Gasteiger partial charge in [-0.1, -0.05) is 64.1 Å². The van der Waals surface area contributed by atoms with Crippen LogP contribution in [0.4, 0.5) is 0 Å². The third-order valence-electron chi connectivity index (χ3n) is 6.89. The largest absolute Gasteiger partial charge is 0.508 e. The van der Waals surface area contributed by atoms with Gasteiger partial charge in [0, 0.05) is 24.0 Å². The lowest BCUT2D eigenvalue weighted by atomic mass is 9.75. The van der Waals surface area contributed by atoms with Crippen molar-refractivity contribution >= 4 is 11.9 Å². The Morgan fingerprint density at radius 3 is 1.32 bits per heavy atom. The molecule has 0 aliphatic carbocycles. The van der Waals surface area contributed by atoms with E-state index in [4.69, 9.17) is 9.47 Å². The van der Waals surface area contributed by atoms with Gasteiger partial charge in [0.1, 0.15) is 23.0 Å². The van der Waals surface area contributed by atoms with Crippen LogP contribution in [0.25, 0.3) is 0 Å². The van der Waals surface area contributed by atoms with E-state index in [1.54, 1.807) is 36.4 Å². The third kappa shape index (κ3) is 8.10. The van der Waals surface area contributed by atoms with Crippen molar-refractivity contribution in [2.24, 2.45) is 0 Å². The molecular formula is C32H38O6. The fourth-order valence-corrected chi connectivity index (χ4v) is 4.62. The van der Waals surface area contributed by atoms with Crippen LogP contribution in [0.5, 0.6) is 23.0 Å². The van der Waals surface area contributed by atoms with Gasteiger partial charge in [0.15, 0.2) is 0 Å². The Kier molecular flexibility index (Phi) is 9.56. The summed E-state index contributed by atoms with van der Waals surface area (Å²) >= 11 is 0. The van der Waals surface area contributed by atoms with Gasteiger partial charge in [-0.2, -0.15) is 0 Å². The van der Waals surface area contributed by atoms with Crippen molar-refractivity contribution in [1.29, 1.82) is 0 Å². The molecule has 0 aliphatic rings. The molecule has 0 fully saturated rings. The van der Waals surface area contributed by atoms with Crippen LogP contribution in [0.15, 0.2) is 72.8 Å². The Balaban J connectivity index is 1.56. The summed E-state index contributed by atoms with van der Waals surface area (Å²) in [5, 5.41) is 21.8. The molecule has 0 unspecified atom stereocenters. The van der Waals surface area contributed by atoms with E-state index in [1.807, 2.05) is 64.1 Å². The second-order valence-electron chi connectivity index (χ2n) is 10.9. The summed E-state index contributed by atoms with van der Waals surface area (Å²) in [6.45, 7) is 7.92. The molecule has 2 N–H and O–H groups in total. The fourth-order valence-electron chi connectivity index (χ4n) is 4.62. The first-order valence-corrected chi connectivity index (χ1v) is 13.1. The van der Waals surface area contributed by atoms with E-state index in [0.29, 0.717) is 48.3 Å². The summed E-state index contributed by atoms with van der Waals surface area (Å²) in [5.74, 6) is 0.640. The predicted octanol–water partition coefficient (Wildman–Crippen LogP) is 7.20. The van der Waals surface area contributed by atoms with Gasteiger partial charge < -0.3 is 19.7 Å². The molecule has 0 bridgehead atoms. The normalized spacial score (nSPS) is 11.7. The van der Waals surface area contributed by atoms with E-state index < -0.39 is 10.8 Å². The standard InChI is InChI=1S/C32H38O6/c1-31(2,19-11-17-29(35)37-23-13-7-5-8-14-23)25-21-28(34)26(22-27(25)33)32(3,4)20-12-18-30(36)38-24-15-9-6-10-16-24/h5-10,13-16,21-22,33-34H,11-12,17-20H2,1-4H3. The highest BCUT2D eigenvalue weighted by Crippen LogP contribution is 2.43. The summed E-state index contributed by atoms with van der Waals surface area (Å²) in [6, 6.07) is 21.2. The number of phenols is 2. The number of benzene rings is 3. The molecule has 3 rings (SSSR count). The first kappa shape index (κ1) is 28.8. The number of aromatic hydroxyl groups is 2. The minimum absolute atomic E-state index is 0.103. The SMILES string of the molecule is CC(C)(CCCC(=O)Oc1ccccc1)c1cc(O)c(C(C)(C)CCCC(=O)Oc2ccccc2)cc1O. The van der Waals surface area contributed by atoms with Crippen molar-refractivity contribution in [3.05, 3.63) is 83.9 Å². The van der Waals surface area contributed by atoms with Gasteiger partial charge in [-0.05, 0) is 72.9 Å². The summed E-state index contributed by atoms with van der Waals surface area (Å²) in [6.07, 6.45) is 2.90. The van der Waals surface area contributed by atoms with Gasteiger partial charge in [0.25, 0.3) is 0 Å². The van der Waals surface area contributed by atoms with Gasteiger partial charge in [-0.25, -0.2) is 0 Å². The highest BCUT2D eigenvalue weighted by molar-refractivity contribution is 5.72. The van der Waals surface area contributed by atoms with E-state index in [2.05, 4.69) is 0 Å². The number of hydrogen-bond donors (Lipinski definition) is 2. The molecule has 0 radical (unpaired) electrons. The molecule has 6 nitrogen and oxygen atoms in total. The summed E-state index contributed by atoms with van der Waals surface area (Å²) in [7, 11) is 0. The van der Waals surface area contributed by atoms with Crippen LogP contribution in [0.3, 0.4) is 0 Å². The zero-order valence-electron chi connectivity index (χ0n) is 22.7. The van der Waals surface area contributed by atoms with Gasteiger partial charge in [-0.3, -0.25) is 9.59 Å². The lowest BCUT2D eigenvalue weighted by molar-refractivity contribution is -0.135. The molecular weight excluding hydrogens is 480 g/mol. The zero-order chi connectivity index (χ0) is 27.8. The quantitative estimate of drug-likeness (QED) is 0.150. The second kappa shape index (κ2) is 12.6. The van der Waals surface area contributed by atoms with Crippen molar-refractivity contribution in [3.8, 4) is 23.0 Å². The summed E-state index contributed by atoms with van der Waals surface area (Å²) in [4.78, 5) is 24.4. The molecule has 0 saturated heterocycles. The van der Waals surface area contributed by atoms with Gasteiger partial charge in [0.2, 0.25) is 0 Å². The summed E-state index contributed by atoms with van der Waals surface area (Å²) < 4.78 is 10.7. The van der Waals surface area contributed by atoms with Gasteiger partial charge in [-0.15, -0.1) is 0 Å². The Morgan fingerprint density at radius 1 is 0.632 bits per heavy atom. The Hall–Kier alpha value is -3.80. The van der Waals surface area contributed by atoms with Crippen LogP contribution >= 0.6 is 0 Å². The van der Waals surface area contributed by atoms with Crippen LogP contribution in [0.2, 0.25) is 0 Å². The van der Waals surface area contributed by atoms with Gasteiger partial charge >= 0.3 is 11.9 Å². The molecule has 0 atom stereocenters. The number of carbonyl (C=O) groups is 2. The van der Waals surface area contributed by atoms with Crippen molar-refractivity contribution in [1.82, 2.24) is 0 Å². The van der Waals surface area contributed by atoms with Crippen LogP contribution in [-0.2, 0) is 20.4 Å². The Labute approximate surface area is 225 Å². The lowest BCUT2D eigenvalue weighted by Crippen LogP contribution is -2.21. The number of ether oxygens (including phenoxy) is 2. The van der Waals surface area contributed by atoms with E-state index in [0.717, 1.165) is 0 Å². The van der Waals surface area contributed by atoms with Gasteiger partial charge in [0.05, 0.1) is 0 Å². The van der Waals surface area contributed by atoms with Crippen molar-refractivity contribution in [3.63, 3.8) is 0 Å². The van der Waals surface area contributed by atoms with Crippen LogP contribution in [0, 0.1) is 0 Å². The zero-order valence-corrected chi connectivity index (χ0v) is 22.7. The van der Waals surface area contributed by atoms with Crippen LogP contribution in [-0.4, -0.2) is 22.2 Å². The number of hydrogen-bond acceptors (Lipinski definition) is 6. The molecule has 3 aromatic rings. The first-order valence-electron chi connectivity index (χ1n) is 13.1. The average Bonchev–Trinajstić information content (AvgIpc) is 2.86. The van der Waals surface area contributed by atoms with E-state index in [1.165, 1.54) is 0 Å². The topological polar surface area (TPSA) is 93.1 Å². The molecule has 0 amide bonds. The van der Waals surface area contributed by atoms with E-state index in [9.17, 15) is 19.8 Å². The summed E-state index contributed by atoms with van der Waals surface area (Å²) in [5.41, 5.74) is 0.298. The monoisotopic (exact) mass is 518 g/mol. The van der Waals surface area contributed by atoms with Crippen LogP contribution in [0.1, 0.15) is 77.3 Å².